The molecule has 2 heterocycles. The maximum atomic E-state index is 12.7. The second-order valence-electron chi connectivity index (χ2n) is 4.87. The molecule has 0 spiro atoms. The quantitative estimate of drug-likeness (QED) is 0.822. The zero-order chi connectivity index (χ0) is 13.2. The maximum absolute atomic E-state index is 12.7. The number of nitrogens with one attached hydrogen (secondary N) is 1. The van der Waals surface area contributed by atoms with Crippen molar-refractivity contribution < 1.29 is 4.79 Å². The number of nitrogen functional groups attached to an aromatic ring is 1. The minimum absolute atomic E-state index is 0.0712. The molecule has 1 fully saturated rings. The number of pyridine rings is 1. The third-order valence-electron chi connectivity index (χ3n) is 3.58. The molecule has 5 heteroatoms. The van der Waals surface area contributed by atoms with Crippen LogP contribution in [0.4, 0.5) is 5.82 Å². The first-order chi connectivity index (χ1) is 8.59. The van der Waals surface area contributed by atoms with Gasteiger partial charge in [0.2, 0.25) is 0 Å². The molecule has 0 saturated carbocycles. The molecule has 0 aliphatic carbocycles. The van der Waals surface area contributed by atoms with Gasteiger partial charge < -0.3 is 11.1 Å². The van der Waals surface area contributed by atoms with E-state index in [2.05, 4.69) is 17.2 Å². The molecule has 1 atom stereocenters. The molecule has 1 aromatic heterocycles. The number of Topliss-reactive ketones (excluding diaryl/α,β-unsaturated/α-hetero) is 1. The Hall–Kier alpha value is -1.13. The zero-order valence-electron chi connectivity index (χ0n) is 10.5. The van der Waals surface area contributed by atoms with Gasteiger partial charge in [0, 0.05) is 18.2 Å². The first-order valence-corrected chi connectivity index (χ1v) is 6.63. The number of anilines is 1. The summed E-state index contributed by atoms with van der Waals surface area (Å²) in [5.41, 5.74) is 5.92. The van der Waals surface area contributed by atoms with E-state index in [1.54, 1.807) is 6.07 Å². The fourth-order valence-electron chi connectivity index (χ4n) is 2.66. The highest BCUT2D eigenvalue weighted by Gasteiger charge is 2.41. The van der Waals surface area contributed by atoms with Gasteiger partial charge in [-0.2, -0.15) is 0 Å². The highest BCUT2D eigenvalue weighted by atomic mass is 35.5. The minimum atomic E-state index is -0.338. The smallest absolute Gasteiger partial charge is 0.174 e. The Morgan fingerprint density at radius 1 is 1.67 bits per heavy atom. The molecular weight excluding hydrogens is 250 g/mol. The van der Waals surface area contributed by atoms with Gasteiger partial charge in [-0.15, -0.1) is 0 Å². The van der Waals surface area contributed by atoms with Crippen molar-refractivity contribution in [3.8, 4) is 0 Å². The number of rotatable bonds is 4. The summed E-state index contributed by atoms with van der Waals surface area (Å²) >= 11 is 5.90. The van der Waals surface area contributed by atoms with Gasteiger partial charge in [0.15, 0.2) is 5.78 Å². The van der Waals surface area contributed by atoms with E-state index in [-0.39, 0.29) is 17.0 Å². The molecule has 3 N–H and O–H groups in total. The number of aromatic nitrogens is 1. The largest absolute Gasteiger partial charge is 0.383 e. The maximum Gasteiger partial charge on any atom is 0.174 e. The van der Waals surface area contributed by atoms with E-state index in [4.69, 9.17) is 17.3 Å². The van der Waals surface area contributed by atoms with Gasteiger partial charge in [-0.3, -0.25) is 4.79 Å². The molecule has 4 nitrogen and oxygen atoms in total. The molecule has 0 amide bonds. The fourth-order valence-corrected chi connectivity index (χ4v) is 2.82. The van der Waals surface area contributed by atoms with Crippen LogP contribution in [0, 0.1) is 5.41 Å². The van der Waals surface area contributed by atoms with Crippen molar-refractivity contribution in [2.75, 3.05) is 18.8 Å². The van der Waals surface area contributed by atoms with Crippen LogP contribution in [0.5, 0.6) is 0 Å². The standard InChI is InChI=1S/C13H18ClN3O/c1-2-3-13(4-5-16-8-13)11(18)10-6-9(14)7-17-12(10)15/h6-7,16H,2-5,8H2,1H3,(H2,15,17). The molecule has 18 heavy (non-hydrogen) atoms. The lowest BCUT2D eigenvalue weighted by molar-refractivity contribution is 0.0802. The number of hydrogen-bond donors (Lipinski definition) is 2. The van der Waals surface area contributed by atoms with Gasteiger partial charge in [-0.25, -0.2) is 4.98 Å². The molecule has 98 valence electrons. The summed E-state index contributed by atoms with van der Waals surface area (Å²) in [7, 11) is 0. The van der Waals surface area contributed by atoms with Gasteiger partial charge in [0.25, 0.3) is 0 Å². The monoisotopic (exact) mass is 267 g/mol. The van der Waals surface area contributed by atoms with Gasteiger partial charge >= 0.3 is 0 Å². The molecule has 0 bridgehead atoms. The van der Waals surface area contributed by atoms with Crippen LogP contribution in [0.1, 0.15) is 36.5 Å². The number of carbonyl (C=O) groups is 1. The van der Waals surface area contributed by atoms with Crippen LogP contribution in [0.15, 0.2) is 12.3 Å². The molecule has 1 saturated heterocycles. The number of nitrogens with two attached hydrogens (primary N) is 1. The highest BCUT2D eigenvalue weighted by Crippen LogP contribution is 2.36. The molecule has 1 unspecified atom stereocenters. The molecule has 1 aliphatic rings. The van der Waals surface area contributed by atoms with Crippen molar-refractivity contribution in [3.63, 3.8) is 0 Å². The van der Waals surface area contributed by atoms with E-state index >= 15 is 0 Å². The second-order valence-corrected chi connectivity index (χ2v) is 5.31. The van der Waals surface area contributed by atoms with Crippen LogP contribution >= 0.6 is 11.6 Å². The van der Waals surface area contributed by atoms with Crippen LogP contribution in [0.2, 0.25) is 5.02 Å². The summed E-state index contributed by atoms with van der Waals surface area (Å²) in [6.07, 6.45) is 4.16. The topological polar surface area (TPSA) is 68.0 Å². The van der Waals surface area contributed by atoms with Crippen molar-refractivity contribution >= 4 is 23.2 Å². The number of carbonyl (C=O) groups excluding carboxylic acids is 1. The molecule has 1 aromatic rings. The van der Waals surface area contributed by atoms with Crippen molar-refractivity contribution in [3.05, 3.63) is 22.8 Å². The van der Waals surface area contributed by atoms with Crippen LogP contribution in [0.25, 0.3) is 0 Å². The predicted molar refractivity (Wildman–Crippen MR) is 72.8 cm³/mol. The van der Waals surface area contributed by atoms with Crippen LogP contribution in [-0.2, 0) is 0 Å². The van der Waals surface area contributed by atoms with Crippen LogP contribution in [-0.4, -0.2) is 23.9 Å². The van der Waals surface area contributed by atoms with E-state index in [0.717, 1.165) is 25.8 Å². The van der Waals surface area contributed by atoms with Gasteiger partial charge in [-0.1, -0.05) is 24.9 Å². The number of ketones is 1. The van der Waals surface area contributed by atoms with Crippen molar-refractivity contribution in [1.29, 1.82) is 0 Å². The summed E-state index contributed by atoms with van der Waals surface area (Å²) in [4.78, 5) is 16.7. The summed E-state index contributed by atoms with van der Waals surface area (Å²) in [5, 5.41) is 3.72. The number of nitrogens with zero attached hydrogens (tertiary/aromatic N) is 1. The van der Waals surface area contributed by atoms with Gasteiger partial charge in [0.05, 0.1) is 10.6 Å². The Kier molecular flexibility index (Phi) is 3.88. The lowest BCUT2D eigenvalue weighted by Crippen LogP contribution is -2.34. The number of halogens is 1. The first kappa shape index (κ1) is 13.3. The van der Waals surface area contributed by atoms with E-state index in [1.807, 2.05) is 0 Å². The minimum Gasteiger partial charge on any atom is -0.383 e. The van der Waals surface area contributed by atoms with E-state index in [0.29, 0.717) is 17.1 Å². The molecule has 1 aliphatic heterocycles. The summed E-state index contributed by atoms with van der Waals surface area (Å²) in [5.74, 6) is 0.341. The first-order valence-electron chi connectivity index (χ1n) is 6.25. The third-order valence-corrected chi connectivity index (χ3v) is 3.79. The Morgan fingerprint density at radius 3 is 3.06 bits per heavy atom. The molecule has 0 aromatic carbocycles. The van der Waals surface area contributed by atoms with Crippen LogP contribution in [0.3, 0.4) is 0 Å². The molecular formula is C13H18ClN3O. The third kappa shape index (κ3) is 2.35. The SMILES string of the molecule is CCCC1(C(=O)c2cc(Cl)cnc2N)CCNC1. The summed E-state index contributed by atoms with van der Waals surface area (Å²) in [6.45, 7) is 3.68. The van der Waals surface area contributed by atoms with Crippen molar-refractivity contribution in [1.82, 2.24) is 10.3 Å². The zero-order valence-corrected chi connectivity index (χ0v) is 11.3. The van der Waals surface area contributed by atoms with E-state index in [9.17, 15) is 4.79 Å². The van der Waals surface area contributed by atoms with Gasteiger partial charge in [0.1, 0.15) is 5.82 Å². The average molecular weight is 268 g/mol. The Bertz CT molecular complexity index is 456. The second kappa shape index (κ2) is 5.24. The molecule has 0 radical (unpaired) electrons. The lowest BCUT2D eigenvalue weighted by atomic mass is 9.76. The van der Waals surface area contributed by atoms with Crippen molar-refractivity contribution in [2.24, 2.45) is 5.41 Å². The fraction of sp³-hybridized carbons (Fsp3) is 0.538. The highest BCUT2D eigenvalue weighted by molar-refractivity contribution is 6.31. The molecule has 2 rings (SSSR count). The lowest BCUT2D eigenvalue weighted by Gasteiger charge is -2.26. The van der Waals surface area contributed by atoms with Crippen LogP contribution < -0.4 is 11.1 Å². The van der Waals surface area contributed by atoms with E-state index < -0.39 is 0 Å². The summed E-state index contributed by atoms with van der Waals surface area (Å²) < 4.78 is 0. The van der Waals surface area contributed by atoms with Crippen molar-refractivity contribution in [2.45, 2.75) is 26.2 Å². The van der Waals surface area contributed by atoms with E-state index in [1.165, 1.54) is 6.20 Å². The Morgan fingerprint density at radius 2 is 2.44 bits per heavy atom. The normalized spacial score (nSPS) is 23.2. The Labute approximate surface area is 112 Å². The predicted octanol–water partition coefficient (Wildman–Crippen LogP) is 2.28. The summed E-state index contributed by atoms with van der Waals surface area (Å²) in [6, 6.07) is 1.63. The number of hydrogen-bond acceptors (Lipinski definition) is 4. The Balaban J connectivity index is 2.36. The average Bonchev–Trinajstić information content (AvgIpc) is 2.82. The van der Waals surface area contributed by atoms with Gasteiger partial charge in [-0.05, 0) is 25.5 Å².